The highest BCUT2D eigenvalue weighted by molar-refractivity contribution is 6.00. The number of amides is 3. The number of morpholine rings is 1. The monoisotopic (exact) mass is 476 g/mol. The van der Waals surface area contributed by atoms with Gasteiger partial charge in [0.25, 0.3) is 0 Å². The van der Waals surface area contributed by atoms with Gasteiger partial charge in [0.15, 0.2) is 17.4 Å². The number of ether oxygens (including phenoxy) is 2. The van der Waals surface area contributed by atoms with Gasteiger partial charge >= 0.3 is 6.03 Å². The molecule has 0 aliphatic carbocycles. The molecule has 3 N–H and O–H groups in total. The normalized spacial score (nSPS) is 13.1. The van der Waals surface area contributed by atoms with Crippen molar-refractivity contribution in [1.82, 2.24) is 9.97 Å². The third-order valence-corrected chi connectivity index (χ3v) is 5.21. The second-order valence-corrected chi connectivity index (χ2v) is 7.83. The minimum Gasteiger partial charge on any atom is -0.488 e. The largest absolute Gasteiger partial charge is 0.488 e. The minimum atomic E-state index is -0.378. The molecule has 3 aromatic rings. The fourth-order valence-corrected chi connectivity index (χ4v) is 3.60. The van der Waals surface area contributed by atoms with Gasteiger partial charge in [-0.25, -0.2) is 14.8 Å². The third kappa shape index (κ3) is 6.45. The van der Waals surface area contributed by atoms with Crippen LogP contribution in [-0.2, 0) is 9.53 Å². The zero-order valence-corrected chi connectivity index (χ0v) is 19.7. The van der Waals surface area contributed by atoms with Crippen LogP contribution in [0.5, 0.6) is 5.75 Å². The van der Waals surface area contributed by atoms with Gasteiger partial charge in [0.1, 0.15) is 0 Å². The van der Waals surface area contributed by atoms with Crippen LogP contribution in [0.15, 0.2) is 54.7 Å². The lowest BCUT2D eigenvalue weighted by molar-refractivity contribution is -0.114. The van der Waals surface area contributed by atoms with Crippen molar-refractivity contribution in [2.75, 3.05) is 53.8 Å². The summed E-state index contributed by atoms with van der Waals surface area (Å²) in [6, 6.07) is 13.8. The van der Waals surface area contributed by atoms with Crippen molar-refractivity contribution in [3.63, 3.8) is 0 Å². The van der Waals surface area contributed by atoms with Crippen molar-refractivity contribution >= 4 is 34.8 Å². The molecule has 1 fully saturated rings. The molecule has 0 radical (unpaired) electrons. The van der Waals surface area contributed by atoms with Gasteiger partial charge in [-0.05, 0) is 55.5 Å². The molecule has 2 heterocycles. The Bertz CT molecular complexity index is 1160. The highest BCUT2D eigenvalue weighted by Crippen LogP contribution is 2.29. The Kier molecular flexibility index (Phi) is 7.74. The second-order valence-electron chi connectivity index (χ2n) is 7.83. The number of benzene rings is 2. The predicted octanol–water partition coefficient (Wildman–Crippen LogP) is 3.98. The molecule has 4 rings (SSSR count). The Labute approximate surface area is 203 Å². The van der Waals surface area contributed by atoms with Crippen LogP contribution < -0.4 is 25.6 Å². The first-order valence-electron chi connectivity index (χ1n) is 11.4. The summed E-state index contributed by atoms with van der Waals surface area (Å²) in [5, 5.41) is 8.25. The molecule has 0 spiro atoms. The van der Waals surface area contributed by atoms with Crippen molar-refractivity contribution in [1.29, 1.82) is 0 Å². The molecule has 0 bridgehead atoms. The summed E-state index contributed by atoms with van der Waals surface area (Å²) in [5.41, 5.74) is 2.71. The Balaban J connectivity index is 1.42. The molecule has 3 amide bonds. The van der Waals surface area contributed by atoms with Crippen molar-refractivity contribution < 1.29 is 19.1 Å². The number of nitrogens with zero attached hydrogens (tertiary/aromatic N) is 3. The standard InChI is InChI=1S/C25H28N6O4/c1-3-35-22-16-26-23(30-24(22)31-12-14-34-15-13-31)18-4-6-20(7-5-18)28-25(33)29-21-10-8-19(9-11-21)27-17(2)32/h4-11,16H,3,12-15H2,1-2H3,(H,27,32)(H2,28,29,33). The summed E-state index contributed by atoms with van der Waals surface area (Å²) < 4.78 is 11.2. The van der Waals surface area contributed by atoms with Crippen LogP contribution in [0.3, 0.4) is 0 Å². The van der Waals surface area contributed by atoms with Gasteiger partial charge in [0.05, 0.1) is 26.0 Å². The van der Waals surface area contributed by atoms with E-state index in [4.69, 9.17) is 14.5 Å². The first-order chi connectivity index (χ1) is 17.0. The Morgan fingerprint density at radius 1 is 0.943 bits per heavy atom. The van der Waals surface area contributed by atoms with E-state index in [0.717, 1.165) is 24.5 Å². The average Bonchev–Trinajstić information content (AvgIpc) is 2.86. The van der Waals surface area contributed by atoms with E-state index in [1.54, 1.807) is 42.6 Å². The molecule has 182 valence electrons. The van der Waals surface area contributed by atoms with Crippen LogP contribution >= 0.6 is 0 Å². The first kappa shape index (κ1) is 24.0. The van der Waals surface area contributed by atoms with Gasteiger partial charge in [-0.3, -0.25) is 4.79 Å². The summed E-state index contributed by atoms with van der Waals surface area (Å²) in [7, 11) is 0. The lowest BCUT2D eigenvalue weighted by atomic mass is 10.2. The van der Waals surface area contributed by atoms with Gasteiger partial charge in [-0.1, -0.05) is 0 Å². The molecule has 1 saturated heterocycles. The quantitative estimate of drug-likeness (QED) is 0.472. The summed E-state index contributed by atoms with van der Waals surface area (Å²) in [5.74, 6) is 1.83. The number of aromatic nitrogens is 2. The zero-order chi connectivity index (χ0) is 24.6. The van der Waals surface area contributed by atoms with Crippen LogP contribution in [0, 0.1) is 0 Å². The van der Waals surface area contributed by atoms with E-state index >= 15 is 0 Å². The van der Waals surface area contributed by atoms with Gasteiger partial charge in [-0.2, -0.15) is 0 Å². The van der Waals surface area contributed by atoms with E-state index in [2.05, 4.69) is 25.8 Å². The molecule has 0 unspecified atom stereocenters. The SMILES string of the molecule is CCOc1cnc(-c2ccc(NC(=O)Nc3ccc(NC(C)=O)cc3)cc2)nc1N1CCOCC1. The van der Waals surface area contributed by atoms with E-state index in [-0.39, 0.29) is 11.9 Å². The van der Waals surface area contributed by atoms with Gasteiger partial charge < -0.3 is 30.3 Å². The number of anilines is 4. The minimum absolute atomic E-state index is 0.153. The summed E-state index contributed by atoms with van der Waals surface area (Å²) in [6.45, 7) is 6.67. The zero-order valence-electron chi connectivity index (χ0n) is 19.7. The van der Waals surface area contributed by atoms with Crippen LogP contribution in [0.4, 0.5) is 27.7 Å². The van der Waals surface area contributed by atoms with Gasteiger partial charge in [0.2, 0.25) is 5.91 Å². The van der Waals surface area contributed by atoms with Crippen molar-refractivity contribution in [2.45, 2.75) is 13.8 Å². The number of hydrogen-bond acceptors (Lipinski definition) is 7. The Morgan fingerprint density at radius 2 is 1.51 bits per heavy atom. The lowest BCUT2D eigenvalue weighted by Crippen LogP contribution is -2.37. The van der Waals surface area contributed by atoms with E-state index in [1.165, 1.54) is 6.92 Å². The van der Waals surface area contributed by atoms with Crippen molar-refractivity contribution in [3.05, 3.63) is 54.7 Å². The second kappa shape index (κ2) is 11.3. The molecule has 0 saturated carbocycles. The van der Waals surface area contributed by atoms with E-state index in [9.17, 15) is 9.59 Å². The fraction of sp³-hybridized carbons (Fsp3) is 0.280. The molecule has 35 heavy (non-hydrogen) atoms. The maximum absolute atomic E-state index is 12.4. The van der Waals surface area contributed by atoms with E-state index < -0.39 is 0 Å². The predicted molar refractivity (Wildman–Crippen MR) is 135 cm³/mol. The number of hydrogen-bond donors (Lipinski definition) is 3. The molecule has 1 aliphatic rings. The van der Waals surface area contributed by atoms with E-state index in [0.29, 0.717) is 48.5 Å². The van der Waals surface area contributed by atoms with E-state index in [1.807, 2.05) is 19.1 Å². The number of carbonyl (C=O) groups excluding carboxylic acids is 2. The van der Waals surface area contributed by atoms with Gasteiger partial charge in [0, 0.05) is 42.6 Å². The maximum atomic E-state index is 12.4. The highest BCUT2D eigenvalue weighted by Gasteiger charge is 2.19. The van der Waals surface area contributed by atoms with Crippen molar-refractivity contribution in [2.24, 2.45) is 0 Å². The summed E-state index contributed by atoms with van der Waals surface area (Å²) in [6.07, 6.45) is 1.70. The maximum Gasteiger partial charge on any atom is 0.323 e. The van der Waals surface area contributed by atoms with Crippen LogP contribution in [0.2, 0.25) is 0 Å². The molecule has 2 aromatic carbocycles. The molecular formula is C25H28N6O4. The molecule has 0 atom stereocenters. The lowest BCUT2D eigenvalue weighted by Gasteiger charge is -2.29. The van der Waals surface area contributed by atoms with Gasteiger partial charge in [-0.15, -0.1) is 0 Å². The first-order valence-corrected chi connectivity index (χ1v) is 11.4. The fourth-order valence-electron chi connectivity index (χ4n) is 3.60. The van der Waals surface area contributed by atoms with Crippen LogP contribution in [0.25, 0.3) is 11.4 Å². The number of carbonyl (C=O) groups is 2. The van der Waals surface area contributed by atoms with Crippen LogP contribution in [-0.4, -0.2) is 54.8 Å². The number of urea groups is 1. The Hall–Kier alpha value is -4.18. The highest BCUT2D eigenvalue weighted by atomic mass is 16.5. The topological polar surface area (TPSA) is 118 Å². The summed E-state index contributed by atoms with van der Waals surface area (Å²) >= 11 is 0. The smallest absolute Gasteiger partial charge is 0.323 e. The molecule has 1 aliphatic heterocycles. The molecular weight excluding hydrogens is 448 g/mol. The summed E-state index contributed by atoms with van der Waals surface area (Å²) in [4.78, 5) is 34.9. The molecule has 1 aromatic heterocycles. The van der Waals surface area contributed by atoms with Crippen molar-refractivity contribution in [3.8, 4) is 17.1 Å². The third-order valence-electron chi connectivity index (χ3n) is 5.21. The average molecular weight is 477 g/mol. The van der Waals surface area contributed by atoms with Crippen LogP contribution in [0.1, 0.15) is 13.8 Å². The molecule has 10 heteroatoms. The molecule has 10 nitrogen and oxygen atoms in total. The number of nitrogens with one attached hydrogen (secondary N) is 3. The Morgan fingerprint density at radius 3 is 2.09 bits per heavy atom. The number of rotatable bonds is 7.